The molecule has 1 aliphatic heterocycles. The smallest absolute Gasteiger partial charge is 0.00153 e. The quantitative estimate of drug-likeness (QED) is 0.677. The van der Waals surface area contributed by atoms with Crippen LogP contribution < -0.4 is 5.32 Å². The SMILES string of the molecule is CCC1CNCCC12CCC(C)CC2. The van der Waals surface area contributed by atoms with E-state index in [1.165, 1.54) is 51.6 Å². The zero-order valence-corrected chi connectivity index (χ0v) is 9.81. The second kappa shape index (κ2) is 4.22. The molecule has 1 atom stereocenters. The molecule has 2 rings (SSSR count). The Morgan fingerprint density at radius 3 is 2.57 bits per heavy atom. The van der Waals surface area contributed by atoms with Crippen LogP contribution in [-0.2, 0) is 0 Å². The van der Waals surface area contributed by atoms with Crippen LogP contribution >= 0.6 is 0 Å². The molecule has 1 aliphatic carbocycles. The van der Waals surface area contributed by atoms with E-state index >= 15 is 0 Å². The lowest BCUT2D eigenvalue weighted by molar-refractivity contribution is 0.0416. The molecule has 1 N–H and O–H groups in total. The zero-order chi connectivity index (χ0) is 10.0. The molecule has 1 nitrogen and oxygen atoms in total. The summed E-state index contributed by atoms with van der Waals surface area (Å²) in [5.74, 6) is 1.96. The Morgan fingerprint density at radius 2 is 1.93 bits per heavy atom. The third kappa shape index (κ3) is 1.84. The summed E-state index contributed by atoms with van der Waals surface area (Å²) in [6.07, 6.45) is 8.80. The third-order valence-corrected chi connectivity index (χ3v) is 4.82. The Balaban J connectivity index is 2.03. The van der Waals surface area contributed by atoms with Crippen molar-refractivity contribution in [1.29, 1.82) is 0 Å². The van der Waals surface area contributed by atoms with E-state index in [1.807, 2.05) is 0 Å². The van der Waals surface area contributed by atoms with Crippen molar-refractivity contribution in [3.8, 4) is 0 Å². The fourth-order valence-electron chi connectivity index (χ4n) is 3.61. The second-order valence-corrected chi connectivity index (χ2v) is 5.60. The van der Waals surface area contributed by atoms with Gasteiger partial charge in [0.1, 0.15) is 0 Å². The van der Waals surface area contributed by atoms with Crippen LogP contribution in [0, 0.1) is 17.3 Å². The fourth-order valence-corrected chi connectivity index (χ4v) is 3.61. The van der Waals surface area contributed by atoms with Gasteiger partial charge < -0.3 is 5.32 Å². The van der Waals surface area contributed by atoms with Gasteiger partial charge in [0, 0.05) is 0 Å². The zero-order valence-electron chi connectivity index (χ0n) is 9.81. The van der Waals surface area contributed by atoms with Crippen LogP contribution in [0.5, 0.6) is 0 Å². The van der Waals surface area contributed by atoms with Gasteiger partial charge in [-0.05, 0) is 49.6 Å². The molecule has 1 heterocycles. The average Bonchev–Trinajstić information content (AvgIpc) is 2.23. The van der Waals surface area contributed by atoms with Crippen molar-refractivity contribution in [1.82, 2.24) is 5.32 Å². The Kier molecular flexibility index (Phi) is 3.16. The normalized spacial score (nSPS) is 44.1. The molecule has 1 saturated carbocycles. The van der Waals surface area contributed by atoms with Crippen molar-refractivity contribution in [2.75, 3.05) is 13.1 Å². The topological polar surface area (TPSA) is 12.0 Å². The van der Waals surface area contributed by atoms with Gasteiger partial charge in [0.05, 0.1) is 0 Å². The lowest BCUT2D eigenvalue weighted by Crippen LogP contribution is -2.46. The number of hydrogen-bond donors (Lipinski definition) is 1. The second-order valence-electron chi connectivity index (χ2n) is 5.60. The highest BCUT2D eigenvalue weighted by Gasteiger charge is 2.41. The van der Waals surface area contributed by atoms with Crippen LogP contribution in [0.4, 0.5) is 0 Å². The summed E-state index contributed by atoms with van der Waals surface area (Å²) in [7, 11) is 0. The minimum absolute atomic E-state index is 0.743. The molecule has 1 unspecified atom stereocenters. The van der Waals surface area contributed by atoms with Gasteiger partial charge in [-0.2, -0.15) is 0 Å². The van der Waals surface area contributed by atoms with Gasteiger partial charge in [-0.25, -0.2) is 0 Å². The van der Waals surface area contributed by atoms with E-state index in [0.717, 1.165) is 17.3 Å². The molecule has 1 heteroatoms. The summed E-state index contributed by atoms with van der Waals surface area (Å²) in [6, 6.07) is 0. The minimum Gasteiger partial charge on any atom is -0.316 e. The maximum absolute atomic E-state index is 3.57. The van der Waals surface area contributed by atoms with Crippen LogP contribution in [0.3, 0.4) is 0 Å². The first-order chi connectivity index (χ1) is 6.77. The molecule has 2 aliphatic rings. The summed E-state index contributed by atoms with van der Waals surface area (Å²) < 4.78 is 0. The molecule has 14 heavy (non-hydrogen) atoms. The van der Waals surface area contributed by atoms with Crippen LogP contribution in [0.25, 0.3) is 0 Å². The Hall–Kier alpha value is -0.0400. The van der Waals surface area contributed by atoms with Crippen molar-refractivity contribution in [2.24, 2.45) is 17.3 Å². The largest absolute Gasteiger partial charge is 0.316 e. The maximum Gasteiger partial charge on any atom is -0.00153 e. The molecule has 1 saturated heterocycles. The third-order valence-electron chi connectivity index (χ3n) is 4.82. The molecule has 0 aromatic heterocycles. The average molecular weight is 195 g/mol. The summed E-state index contributed by atoms with van der Waals surface area (Å²) in [4.78, 5) is 0. The van der Waals surface area contributed by atoms with Gasteiger partial charge >= 0.3 is 0 Å². The lowest BCUT2D eigenvalue weighted by Gasteiger charge is -2.48. The highest BCUT2D eigenvalue weighted by atomic mass is 14.9. The first-order valence-electron chi connectivity index (χ1n) is 6.47. The van der Waals surface area contributed by atoms with E-state index < -0.39 is 0 Å². The standard InChI is InChI=1S/C13H25N/c1-3-12-10-14-9-8-13(12)6-4-11(2)5-7-13/h11-12,14H,3-10H2,1-2H3. The van der Waals surface area contributed by atoms with Crippen molar-refractivity contribution in [3.05, 3.63) is 0 Å². The van der Waals surface area contributed by atoms with Crippen molar-refractivity contribution in [2.45, 2.75) is 52.4 Å². The van der Waals surface area contributed by atoms with Gasteiger partial charge in [-0.3, -0.25) is 0 Å². The molecule has 0 aromatic rings. The Labute approximate surface area is 88.7 Å². The van der Waals surface area contributed by atoms with Crippen molar-refractivity contribution >= 4 is 0 Å². The summed E-state index contributed by atoms with van der Waals surface area (Å²) in [5, 5.41) is 3.57. The number of rotatable bonds is 1. The van der Waals surface area contributed by atoms with E-state index in [1.54, 1.807) is 0 Å². The summed E-state index contributed by atoms with van der Waals surface area (Å²) in [5.41, 5.74) is 0.743. The van der Waals surface area contributed by atoms with E-state index in [-0.39, 0.29) is 0 Å². The molecule has 0 aromatic carbocycles. The van der Waals surface area contributed by atoms with Crippen LogP contribution in [0.1, 0.15) is 52.4 Å². The summed E-state index contributed by atoms with van der Waals surface area (Å²) in [6.45, 7) is 7.35. The maximum atomic E-state index is 3.57. The Bertz CT molecular complexity index is 180. The number of hydrogen-bond acceptors (Lipinski definition) is 1. The van der Waals surface area contributed by atoms with Gasteiger partial charge in [0.2, 0.25) is 0 Å². The highest BCUT2D eigenvalue weighted by Crippen LogP contribution is 2.48. The molecule has 1 spiro atoms. The predicted molar refractivity (Wildman–Crippen MR) is 61.3 cm³/mol. The lowest BCUT2D eigenvalue weighted by atomic mass is 9.60. The first kappa shape index (κ1) is 10.5. The molecule has 2 fully saturated rings. The predicted octanol–water partition coefficient (Wildman–Crippen LogP) is 3.20. The molecular weight excluding hydrogens is 170 g/mol. The molecule has 0 bridgehead atoms. The van der Waals surface area contributed by atoms with Crippen molar-refractivity contribution in [3.63, 3.8) is 0 Å². The van der Waals surface area contributed by atoms with Crippen molar-refractivity contribution < 1.29 is 0 Å². The van der Waals surface area contributed by atoms with E-state index in [9.17, 15) is 0 Å². The number of nitrogens with one attached hydrogen (secondary N) is 1. The van der Waals surface area contributed by atoms with Gasteiger partial charge in [-0.15, -0.1) is 0 Å². The highest BCUT2D eigenvalue weighted by molar-refractivity contribution is 4.93. The number of piperidine rings is 1. The first-order valence-corrected chi connectivity index (χ1v) is 6.47. The van der Waals surface area contributed by atoms with E-state index in [4.69, 9.17) is 0 Å². The van der Waals surface area contributed by atoms with E-state index in [0.29, 0.717) is 0 Å². The monoisotopic (exact) mass is 195 g/mol. The molecule has 82 valence electrons. The molecule has 0 radical (unpaired) electrons. The molecular formula is C13H25N. The van der Waals surface area contributed by atoms with Gasteiger partial charge in [0.15, 0.2) is 0 Å². The van der Waals surface area contributed by atoms with Crippen LogP contribution in [0.15, 0.2) is 0 Å². The molecule has 0 amide bonds. The van der Waals surface area contributed by atoms with Crippen LogP contribution in [0.2, 0.25) is 0 Å². The van der Waals surface area contributed by atoms with Gasteiger partial charge in [0.25, 0.3) is 0 Å². The van der Waals surface area contributed by atoms with E-state index in [2.05, 4.69) is 19.2 Å². The van der Waals surface area contributed by atoms with Crippen LogP contribution in [-0.4, -0.2) is 13.1 Å². The Morgan fingerprint density at radius 1 is 1.21 bits per heavy atom. The summed E-state index contributed by atoms with van der Waals surface area (Å²) >= 11 is 0. The fraction of sp³-hybridized carbons (Fsp3) is 1.00. The van der Waals surface area contributed by atoms with Gasteiger partial charge in [-0.1, -0.05) is 33.1 Å². The minimum atomic E-state index is 0.743.